The van der Waals surface area contributed by atoms with Crippen LogP contribution in [-0.4, -0.2) is 36.2 Å². The number of hydrogen-bond acceptors (Lipinski definition) is 6. The van der Waals surface area contributed by atoms with Crippen LogP contribution in [0, 0.1) is 0 Å². The minimum Gasteiger partial charge on any atom is -0.382 e. The minimum atomic E-state index is -0.300. The van der Waals surface area contributed by atoms with Crippen LogP contribution in [0.1, 0.15) is 29.9 Å². The summed E-state index contributed by atoms with van der Waals surface area (Å²) in [5.74, 6) is 0.0955. The number of rotatable bonds is 4. The Bertz CT molecular complexity index is 440. The number of anilines is 2. The zero-order valence-electron chi connectivity index (χ0n) is 10.6. The van der Waals surface area contributed by atoms with E-state index in [1.165, 1.54) is 11.3 Å². The Morgan fingerprint density at radius 3 is 3.06 bits per heavy atom. The Balaban J connectivity index is 2.08. The van der Waals surface area contributed by atoms with Gasteiger partial charge < -0.3 is 21.1 Å². The minimum absolute atomic E-state index is 0.179. The van der Waals surface area contributed by atoms with E-state index in [2.05, 4.69) is 15.6 Å². The second kappa shape index (κ2) is 5.11. The van der Waals surface area contributed by atoms with Crippen molar-refractivity contribution >= 4 is 28.2 Å². The third-order valence-electron chi connectivity index (χ3n) is 2.82. The van der Waals surface area contributed by atoms with Crippen LogP contribution < -0.4 is 16.4 Å². The van der Waals surface area contributed by atoms with E-state index in [-0.39, 0.29) is 17.3 Å². The fourth-order valence-electron chi connectivity index (χ4n) is 1.82. The lowest BCUT2D eigenvalue weighted by atomic mass is 10.0. The van der Waals surface area contributed by atoms with Crippen LogP contribution in [0.5, 0.6) is 0 Å². The van der Waals surface area contributed by atoms with E-state index in [1.807, 2.05) is 13.8 Å². The number of thiazole rings is 1. The number of carbonyl (C=O) groups is 1. The summed E-state index contributed by atoms with van der Waals surface area (Å²) in [5.41, 5.74) is 5.46. The molecule has 100 valence electrons. The maximum Gasteiger partial charge on any atom is 0.265 e. The number of nitrogens with zero attached hydrogens (tertiary/aromatic N) is 1. The Kier molecular flexibility index (Phi) is 3.72. The smallest absolute Gasteiger partial charge is 0.265 e. The Morgan fingerprint density at radius 2 is 2.44 bits per heavy atom. The lowest BCUT2D eigenvalue weighted by Crippen LogP contribution is -2.46. The average molecular weight is 270 g/mol. The summed E-state index contributed by atoms with van der Waals surface area (Å²) in [6, 6.07) is 0. The van der Waals surface area contributed by atoms with Gasteiger partial charge in [0.25, 0.3) is 5.91 Å². The van der Waals surface area contributed by atoms with Gasteiger partial charge in [0.2, 0.25) is 0 Å². The van der Waals surface area contributed by atoms with E-state index in [1.54, 1.807) is 0 Å². The Labute approximate surface area is 110 Å². The lowest BCUT2D eigenvalue weighted by molar-refractivity contribution is 0.0894. The topological polar surface area (TPSA) is 89.3 Å². The molecule has 0 aromatic carbocycles. The zero-order chi connectivity index (χ0) is 13.2. The molecule has 7 heteroatoms. The molecule has 1 aromatic rings. The Hall–Kier alpha value is -1.34. The van der Waals surface area contributed by atoms with Crippen LogP contribution in [0.15, 0.2) is 0 Å². The summed E-state index contributed by atoms with van der Waals surface area (Å²) in [5, 5.41) is 6.69. The van der Waals surface area contributed by atoms with Gasteiger partial charge in [-0.2, -0.15) is 0 Å². The third kappa shape index (κ3) is 2.73. The molecule has 0 spiro atoms. The van der Waals surface area contributed by atoms with Gasteiger partial charge in [-0.05, 0) is 20.3 Å². The SMILES string of the molecule is CCNc1nc(N)c(C(=O)NC2(C)CCOC2)s1. The van der Waals surface area contributed by atoms with Crippen molar-refractivity contribution in [1.29, 1.82) is 0 Å². The van der Waals surface area contributed by atoms with Gasteiger partial charge in [-0.15, -0.1) is 0 Å². The van der Waals surface area contributed by atoms with Gasteiger partial charge in [-0.1, -0.05) is 11.3 Å². The molecule has 1 amide bonds. The number of nitrogens with one attached hydrogen (secondary N) is 2. The molecule has 18 heavy (non-hydrogen) atoms. The van der Waals surface area contributed by atoms with Crippen LogP contribution in [0.2, 0.25) is 0 Å². The van der Waals surface area contributed by atoms with Crippen LogP contribution in [0.3, 0.4) is 0 Å². The van der Waals surface area contributed by atoms with Gasteiger partial charge in [0, 0.05) is 13.2 Å². The van der Waals surface area contributed by atoms with Gasteiger partial charge in [-0.3, -0.25) is 4.79 Å². The van der Waals surface area contributed by atoms with Crippen LogP contribution in [0.25, 0.3) is 0 Å². The summed E-state index contributed by atoms with van der Waals surface area (Å²) < 4.78 is 5.30. The first-order valence-corrected chi connectivity index (χ1v) is 6.76. The van der Waals surface area contributed by atoms with Gasteiger partial charge in [0.15, 0.2) is 5.13 Å². The van der Waals surface area contributed by atoms with Crippen molar-refractivity contribution in [1.82, 2.24) is 10.3 Å². The molecule has 0 radical (unpaired) electrons. The molecule has 0 aliphatic carbocycles. The van der Waals surface area contributed by atoms with Crippen LogP contribution in [0.4, 0.5) is 10.9 Å². The summed E-state index contributed by atoms with van der Waals surface area (Å²) in [4.78, 5) is 16.7. The highest BCUT2D eigenvalue weighted by Crippen LogP contribution is 2.26. The van der Waals surface area contributed by atoms with Gasteiger partial charge >= 0.3 is 0 Å². The fourth-order valence-corrected chi connectivity index (χ4v) is 2.67. The van der Waals surface area contributed by atoms with Crippen molar-refractivity contribution in [3.63, 3.8) is 0 Å². The Morgan fingerprint density at radius 1 is 1.67 bits per heavy atom. The summed E-state index contributed by atoms with van der Waals surface area (Å²) in [6.07, 6.45) is 0.817. The molecule has 0 bridgehead atoms. The number of hydrogen-bond donors (Lipinski definition) is 3. The molecule has 1 atom stereocenters. The molecule has 1 saturated heterocycles. The molecule has 2 heterocycles. The lowest BCUT2D eigenvalue weighted by Gasteiger charge is -2.22. The number of carbonyl (C=O) groups excluding carboxylic acids is 1. The van der Waals surface area contributed by atoms with Crippen molar-refractivity contribution in [2.24, 2.45) is 0 Å². The summed E-state index contributed by atoms with van der Waals surface area (Å²) in [6.45, 7) is 5.91. The van der Waals surface area contributed by atoms with Gasteiger partial charge in [0.05, 0.1) is 12.1 Å². The molecule has 0 saturated carbocycles. The predicted molar refractivity (Wildman–Crippen MR) is 72.0 cm³/mol. The molecule has 1 aromatic heterocycles. The number of nitrogen functional groups attached to an aromatic ring is 1. The summed E-state index contributed by atoms with van der Waals surface area (Å²) >= 11 is 1.27. The van der Waals surface area contributed by atoms with Crippen LogP contribution in [-0.2, 0) is 4.74 Å². The second-order valence-corrected chi connectivity index (χ2v) is 5.58. The van der Waals surface area contributed by atoms with Crippen molar-refractivity contribution in [2.45, 2.75) is 25.8 Å². The first-order chi connectivity index (χ1) is 8.54. The van der Waals surface area contributed by atoms with Crippen LogP contribution >= 0.6 is 11.3 Å². The average Bonchev–Trinajstić information content (AvgIpc) is 2.86. The predicted octanol–water partition coefficient (Wildman–Crippen LogP) is 1.07. The molecule has 1 aliphatic heterocycles. The molecule has 4 N–H and O–H groups in total. The number of aromatic nitrogens is 1. The highest BCUT2D eigenvalue weighted by molar-refractivity contribution is 7.18. The van der Waals surface area contributed by atoms with E-state index in [4.69, 9.17) is 10.5 Å². The zero-order valence-corrected chi connectivity index (χ0v) is 11.4. The maximum absolute atomic E-state index is 12.1. The molecular weight excluding hydrogens is 252 g/mol. The number of ether oxygens (including phenoxy) is 1. The summed E-state index contributed by atoms with van der Waals surface area (Å²) in [7, 11) is 0. The van der Waals surface area contributed by atoms with E-state index in [9.17, 15) is 4.79 Å². The van der Waals surface area contributed by atoms with Gasteiger partial charge in [-0.25, -0.2) is 4.98 Å². The first-order valence-electron chi connectivity index (χ1n) is 5.94. The van der Waals surface area contributed by atoms with Crippen molar-refractivity contribution in [3.05, 3.63) is 4.88 Å². The third-order valence-corrected chi connectivity index (χ3v) is 3.85. The van der Waals surface area contributed by atoms with E-state index >= 15 is 0 Å². The fraction of sp³-hybridized carbons (Fsp3) is 0.636. The first kappa shape index (κ1) is 13.1. The molecule has 6 nitrogen and oxygen atoms in total. The largest absolute Gasteiger partial charge is 0.382 e. The van der Waals surface area contributed by atoms with E-state index in [0.717, 1.165) is 13.0 Å². The molecule has 1 unspecified atom stereocenters. The molecule has 1 aliphatic rings. The molecule has 2 rings (SSSR count). The highest BCUT2D eigenvalue weighted by atomic mass is 32.1. The maximum atomic E-state index is 12.1. The highest BCUT2D eigenvalue weighted by Gasteiger charge is 2.32. The van der Waals surface area contributed by atoms with E-state index in [0.29, 0.717) is 23.2 Å². The van der Waals surface area contributed by atoms with Crippen molar-refractivity contribution in [3.8, 4) is 0 Å². The standard InChI is InChI=1S/C11H18N4O2S/c1-3-13-10-14-8(12)7(18-10)9(16)15-11(2)4-5-17-6-11/h3-6,12H2,1-2H3,(H,13,14)(H,15,16). The molecular formula is C11H18N4O2S. The van der Waals surface area contributed by atoms with Gasteiger partial charge in [0.1, 0.15) is 10.7 Å². The van der Waals surface area contributed by atoms with Crippen molar-refractivity contribution in [2.75, 3.05) is 30.8 Å². The monoisotopic (exact) mass is 270 g/mol. The number of nitrogens with two attached hydrogens (primary N) is 1. The van der Waals surface area contributed by atoms with Crippen molar-refractivity contribution < 1.29 is 9.53 Å². The quantitative estimate of drug-likeness (QED) is 0.761. The van der Waals surface area contributed by atoms with E-state index < -0.39 is 0 Å². The second-order valence-electron chi connectivity index (χ2n) is 4.58. The number of amides is 1. The normalized spacial score (nSPS) is 23.0. The molecule has 1 fully saturated rings.